The Balaban J connectivity index is 1.98. The summed E-state index contributed by atoms with van der Waals surface area (Å²) in [5.41, 5.74) is 0.364. The third-order valence-corrected chi connectivity index (χ3v) is 10.0. The second-order valence-corrected chi connectivity index (χ2v) is 12.6. The molecule has 0 bridgehead atoms. The summed E-state index contributed by atoms with van der Waals surface area (Å²) in [6.07, 6.45) is 20.2. The quantitative estimate of drug-likeness (QED) is 0.257. The molecule has 1 fully saturated rings. The Morgan fingerprint density at radius 3 is 2.16 bits per heavy atom. The molecule has 2 aliphatic rings. The van der Waals surface area contributed by atoms with Crippen molar-refractivity contribution in [2.75, 3.05) is 0 Å². The number of rotatable bonds is 13. The average molecular weight is 427 g/mol. The van der Waals surface area contributed by atoms with E-state index in [1.54, 1.807) is 0 Å². The highest BCUT2D eigenvalue weighted by Crippen LogP contribution is 2.54. The second kappa shape index (κ2) is 10.9. The molecule has 2 aliphatic carbocycles. The van der Waals surface area contributed by atoms with Crippen molar-refractivity contribution in [3.63, 3.8) is 0 Å². The van der Waals surface area contributed by atoms with Gasteiger partial charge in [0.25, 0.3) is 0 Å². The third kappa shape index (κ3) is 6.39. The first-order valence-electron chi connectivity index (χ1n) is 13.5. The van der Waals surface area contributed by atoms with E-state index < -0.39 is 0 Å². The summed E-state index contributed by atoms with van der Waals surface area (Å²) >= 11 is 0. The SMILES string of the molecule is C=CC(C)(C)C(C)(C)C(CC)C1C=CC=CC1CC1CC1CC(C)CC(C)C(C)CC. The fraction of sp³-hybridized carbons (Fsp3) is 0.806. The van der Waals surface area contributed by atoms with Crippen molar-refractivity contribution in [1.29, 1.82) is 0 Å². The Bertz CT molecular complexity index is 618. The summed E-state index contributed by atoms with van der Waals surface area (Å²) in [7, 11) is 0. The standard InChI is InChI=1S/C31H54/c1-11-23(5)24(6)18-22(4)19-26-21-27(26)20-25-16-14-15-17-28(25)29(12-2)31(9,10)30(7,8)13-3/h13-17,22-29H,3,11-12,18-21H2,1-2,4-10H3. The lowest BCUT2D eigenvalue weighted by atomic mass is 9.55. The molecule has 0 nitrogen and oxygen atoms in total. The van der Waals surface area contributed by atoms with Gasteiger partial charge in [-0.1, -0.05) is 106 Å². The summed E-state index contributed by atoms with van der Waals surface area (Å²) in [4.78, 5) is 0. The molecule has 0 N–H and O–H groups in total. The summed E-state index contributed by atoms with van der Waals surface area (Å²) in [5.74, 6) is 6.61. The molecule has 0 aromatic rings. The van der Waals surface area contributed by atoms with E-state index in [0.717, 1.165) is 29.6 Å². The van der Waals surface area contributed by atoms with Gasteiger partial charge in [-0.05, 0) is 83.9 Å². The van der Waals surface area contributed by atoms with Crippen molar-refractivity contribution in [3.8, 4) is 0 Å². The van der Waals surface area contributed by atoms with E-state index in [0.29, 0.717) is 17.8 Å². The number of allylic oxidation sites excluding steroid dienone is 5. The van der Waals surface area contributed by atoms with Gasteiger partial charge in [0, 0.05) is 0 Å². The highest BCUT2D eigenvalue weighted by atomic mass is 14.5. The molecule has 0 spiro atoms. The molecule has 0 amide bonds. The molecule has 8 atom stereocenters. The van der Waals surface area contributed by atoms with Crippen LogP contribution in [0.4, 0.5) is 0 Å². The molecule has 0 aromatic carbocycles. The zero-order valence-corrected chi connectivity index (χ0v) is 22.5. The summed E-state index contributed by atoms with van der Waals surface area (Å²) in [6.45, 7) is 26.0. The summed E-state index contributed by atoms with van der Waals surface area (Å²) < 4.78 is 0. The van der Waals surface area contributed by atoms with E-state index >= 15 is 0 Å². The highest BCUT2D eigenvalue weighted by Gasteiger charge is 2.46. The van der Waals surface area contributed by atoms with Crippen LogP contribution < -0.4 is 0 Å². The van der Waals surface area contributed by atoms with Crippen LogP contribution in [0, 0.1) is 58.2 Å². The molecule has 1 saturated carbocycles. The van der Waals surface area contributed by atoms with Crippen LogP contribution in [0.25, 0.3) is 0 Å². The second-order valence-electron chi connectivity index (χ2n) is 12.6. The normalized spacial score (nSPS) is 30.0. The number of hydrogen-bond acceptors (Lipinski definition) is 0. The maximum Gasteiger partial charge on any atom is -0.0123 e. The Hall–Kier alpha value is -0.780. The third-order valence-electron chi connectivity index (χ3n) is 10.0. The zero-order valence-electron chi connectivity index (χ0n) is 22.5. The summed E-state index contributed by atoms with van der Waals surface area (Å²) in [6, 6.07) is 0. The molecular weight excluding hydrogens is 372 g/mol. The van der Waals surface area contributed by atoms with E-state index in [2.05, 4.69) is 99.3 Å². The smallest absolute Gasteiger partial charge is 0.0123 e. The molecule has 178 valence electrons. The van der Waals surface area contributed by atoms with Gasteiger partial charge in [0.2, 0.25) is 0 Å². The lowest BCUT2D eigenvalue weighted by Gasteiger charge is -2.49. The van der Waals surface area contributed by atoms with Gasteiger partial charge in [-0.25, -0.2) is 0 Å². The van der Waals surface area contributed by atoms with Crippen LogP contribution in [0.1, 0.15) is 101 Å². The molecule has 2 rings (SSSR count). The molecule has 0 heteroatoms. The molecule has 31 heavy (non-hydrogen) atoms. The largest absolute Gasteiger partial charge is 0.103 e. The van der Waals surface area contributed by atoms with E-state index in [9.17, 15) is 0 Å². The molecule has 0 heterocycles. The fourth-order valence-corrected chi connectivity index (χ4v) is 6.46. The Kier molecular flexibility index (Phi) is 9.30. The maximum atomic E-state index is 4.18. The van der Waals surface area contributed by atoms with E-state index in [-0.39, 0.29) is 10.8 Å². The van der Waals surface area contributed by atoms with Crippen LogP contribution in [0.15, 0.2) is 37.0 Å². The van der Waals surface area contributed by atoms with E-state index in [1.807, 2.05) is 0 Å². The molecular formula is C31H54. The van der Waals surface area contributed by atoms with Gasteiger partial charge in [-0.2, -0.15) is 0 Å². The first kappa shape index (κ1) is 26.5. The fourth-order valence-electron chi connectivity index (χ4n) is 6.46. The van der Waals surface area contributed by atoms with Gasteiger partial charge < -0.3 is 0 Å². The molecule has 0 saturated heterocycles. The Morgan fingerprint density at radius 2 is 1.58 bits per heavy atom. The van der Waals surface area contributed by atoms with Crippen LogP contribution in [0.3, 0.4) is 0 Å². The summed E-state index contributed by atoms with van der Waals surface area (Å²) in [5, 5.41) is 0. The predicted molar refractivity (Wildman–Crippen MR) is 140 cm³/mol. The Labute approximate surface area is 196 Å². The minimum Gasteiger partial charge on any atom is -0.103 e. The Morgan fingerprint density at radius 1 is 0.935 bits per heavy atom. The van der Waals surface area contributed by atoms with Crippen LogP contribution in [0.2, 0.25) is 0 Å². The predicted octanol–water partition coefficient (Wildman–Crippen LogP) is 9.73. The van der Waals surface area contributed by atoms with Crippen molar-refractivity contribution in [2.45, 2.75) is 101 Å². The zero-order chi connectivity index (χ0) is 23.4. The van der Waals surface area contributed by atoms with E-state index in [4.69, 9.17) is 0 Å². The maximum absolute atomic E-state index is 4.18. The lowest BCUT2D eigenvalue weighted by Crippen LogP contribution is -2.42. The van der Waals surface area contributed by atoms with Crippen LogP contribution in [-0.4, -0.2) is 0 Å². The van der Waals surface area contributed by atoms with Crippen LogP contribution >= 0.6 is 0 Å². The molecule has 0 aromatic heterocycles. The lowest BCUT2D eigenvalue weighted by molar-refractivity contribution is 0.0351. The van der Waals surface area contributed by atoms with Gasteiger partial charge in [-0.15, -0.1) is 6.58 Å². The van der Waals surface area contributed by atoms with Gasteiger partial charge in [0.1, 0.15) is 0 Å². The minimum absolute atomic E-state index is 0.136. The van der Waals surface area contributed by atoms with Crippen LogP contribution in [0.5, 0.6) is 0 Å². The van der Waals surface area contributed by atoms with E-state index in [1.165, 1.54) is 38.5 Å². The first-order valence-corrected chi connectivity index (χ1v) is 13.5. The van der Waals surface area contributed by atoms with Gasteiger partial charge in [-0.3, -0.25) is 0 Å². The molecule has 0 radical (unpaired) electrons. The van der Waals surface area contributed by atoms with Crippen LogP contribution in [-0.2, 0) is 0 Å². The minimum atomic E-state index is 0.136. The first-order chi connectivity index (χ1) is 14.5. The van der Waals surface area contributed by atoms with Gasteiger partial charge >= 0.3 is 0 Å². The highest BCUT2D eigenvalue weighted by molar-refractivity contribution is 5.18. The van der Waals surface area contributed by atoms with Crippen molar-refractivity contribution in [2.24, 2.45) is 58.2 Å². The van der Waals surface area contributed by atoms with Gasteiger partial charge in [0.05, 0.1) is 0 Å². The molecule has 8 unspecified atom stereocenters. The topological polar surface area (TPSA) is 0 Å². The van der Waals surface area contributed by atoms with Crippen molar-refractivity contribution >= 4 is 0 Å². The van der Waals surface area contributed by atoms with Crippen molar-refractivity contribution < 1.29 is 0 Å². The monoisotopic (exact) mass is 426 g/mol. The number of hydrogen-bond donors (Lipinski definition) is 0. The van der Waals surface area contributed by atoms with Crippen molar-refractivity contribution in [1.82, 2.24) is 0 Å². The van der Waals surface area contributed by atoms with Crippen molar-refractivity contribution in [3.05, 3.63) is 37.0 Å². The van der Waals surface area contributed by atoms with Gasteiger partial charge in [0.15, 0.2) is 0 Å². The average Bonchev–Trinajstić information content (AvgIpc) is 3.45. The molecule has 0 aliphatic heterocycles.